The highest BCUT2D eigenvalue weighted by molar-refractivity contribution is 5.44. The Bertz CT molecular complexity index is 439. The second-order valence-corrected chi connectivity index (χ2v) is 5.85. The van der Waals surface area contributed by atoms with Crippen LogP contribution in [0, 0.1) is 5.41 Å². The largest absolute Gasteiger partial charge is 0.0841 e. The summed E-state index contributed by atoms with van der Waals surface area (Å²) in [7, 11) is 0. The monoisotopic (exact) mass is 212 g/mol. The van der Waals surface area contributed by atoms with Gasteiger partial charge in [0.2, 0.25) is 0 Å². The van der Waals surface area contributed by atoms with Gasteiger partial charge in [0.15, 0.2) is 0 Å². The van der Waals surface area contributed by atoms with Crippen molar-refractivity contribution in [3.05, 3.63) is 46.6 Å². The Morgan fingerprint density at radius 3 is 2.19 bits per heavy atom. The van der Waals surface area contributed by atoms with Gasteiger partial charge in [-0.05, 0) is 32.1 Å². The van der Waals surface area contributed by atoms with E-state index in [1.165, 1.54) is 32.1 Å². The molecule has 0 aromatic carbocycles. The van der Waals surface area contributed by atoms with Crippen molar-refractivity contribution in [2.45, 2.75) is 46.0 Å². The van der Waals surface area contributed by atoms with E-state index in [9.17, 15) is 0 Å². The molecular weight excluding hydrogens is 192 g/mol. The topological polar surface area (TPSA) is 0 Å². The second kappa shape index (κ2) is 3.48. The number of rotatable bonds is 0. The fraction of sp³-hybridized carbons (Fsp3) is 0.500. The molecule has 0 unspecified atom stereocenters. The Kier molecular flexibility index (Phi) is 2.20. The third-order valence-corrected chi connectivity index (χ3v) is 4.32. The lowest BCUT2D eigenvalue weighted by Gasteiger charge is -2.37. The van der Waals surface area contributed by atoms with Crippen molar-refractivity contribution in [3.8, 4) is 0 Å². The number of allylic oxidation sites excluding steroid dienone is 8. The van der Waals surface area contributed by atoms with Crippen molar-refractivity contribution in [2.75, 3.05) is 0 Å². The first kappa shape index (κ1) is 10.1. The van der Waals surface area contributed by atoms with E-state index in [4.69, 9.17) is 0 Å². The van der Waals surface area contributed by atoms with Gasteiger partial charge in [-0.25, -0.2) is 0 Å². The van der Waals surface area contributed by atoms with E-state index in [1.54, 1.807) is 22.3 Å². The summed E-state index contributed by atoms with van der Waals surface area (Å²) in [5.41, 5.74) is 7.15. The molecule has 0 heterocycles. The van der Waals surface area contributed by atoms with Gasteiger partial charge < -0.3 is 0 Å². The van der Waals surface area contributed by atoms with Crippen LogP contribution in [0.5, 0.6) is 0 Å². The van der Waals surface area contributed by atoms with Gasteiger partial charge in [-0.1, -0.05) is 60.4 Å². The molecule has 0 N–H and O–H groups in total. The van der Waals surface area contributed by atoms with Crippen molar-refractivity contribution in [3.63, 3.8) is 0 Å². The van der Waals surface area contributed by atoms with Gasteiger partial charge in [-0.2, -0.15) is 0 Å². The van der Waals surface area contributed by atoms with Crippen molar-refractivity contribution >= 4 is 0 Å². The van der Waals surface area contributed by atoms with Crippen molar-refractivity contribution in [1.82, 2.24) is 0 Å². The van der Waals surface area contributed by atoms with Gasteiger partial charge in [0.05, 0.1) is 0 Å². The molecule has 0 atom stereocenters. The molecule has 0 amide bonds. The zero-order valence-corrected chi connectivity index (χ0v) is 10.3. The smallest absolute Gasteiger partial charge is 0.00404 e. The maximum atomic E-state index is 2.40. The van der Waals surface area contributed by atoms with Crippen LogP contribution in [0.15, 0.2) is 46.6 Å². The molecule has 0 radical (unpaired) electrons. The van der Waals surface area contributed by atoms with Crippen LogP contribution in [-0.4, -0.2) is 0 Å². The average Bonchev–Trinajstić information content (AvgIpc) is 2.27. The number of hydrogen-bond donors (Lipinski definition) is 0. The lowest BCUT2D eigenvalue weighted by atomic mass is 9.68. The van der Waals surface area contributed by atoms with Gasteiger partial charge in [-0.3, -0.25) is 0 Å². The maximum Gasteiger partial charge on any atom is 0.00404 e. The van der Waals surface area contributed by atoms with E-state index in [0.29, 0.717) is 5.41 Å². The minimum absolute atomic E-state index is 0.299. The SMILES string of the molecule is CC1(C)C=CCC2=C1CC1=C(CC=CC1)C2. The Morgan fingerprint density at radius 1 is 0.812 bits per heavy atom. The van der Waals surface area contributed by atoms with Gasteiger partial charge in [0.1, 0.15) is 0 Å². The van der Waals surface area contributed by atoms with Crippen LogP contribution < -0.4 is 0 Å². The van der Waals surface area contributed by atoms with Crippen molar-refractivity contribution in [1.29, 1.82) is 0 Å². The molecule has 0 saturated heterocycles. The summed E-state index contributed by atoms with van der Waals surface area (Å²) < 4.78 is 0. The summed E-state index contributed by atoms with van der Waals surface area (Å²) in [5.74, 6) is 0. The molecule has 0 bridgehead atoms. The predicted molar refractivity (Wildman–Crippen MR) is 69.2 cm³/mol. The molecule has 0 fully saturated rings. The third-order valence-electron chi connectivity index (χ3n) is 4.32. The normalized spacial score (nSPS) is 26.9. The highest BCUT2D eigenvalue weighted by Gasteiger charge is 2.30. The summed E-state index contributed by atoms with van der Waals surface area (Å²) in [6.45, 7) is 4.73. The first-order chi connectivity index (χ1) is 7.67. The van der Waals surface area contributed by atoms with Crippen molar-refractivity contribution < 1.29 is 0 Å². The zero-order chi connectivity index (χ0) is 11.2. The second-order valence-electron chi connectivity index (χ2n) is 5.85. The zero-order valence-electron chi connectivity index (χ0n) is 10.3. The van der Waals surface area contributed by atoms with Crippen LogP contribution in [-0.2, 0) is 0 Å². The molecule has 3 rings (SSSR count). The minimum Gasteiger partial charge on any atom is -0.0841 e. The van der Waals surface area contributed by atoms with Crippen LogP contribution in [0.4, 0.5) is 0 Å². The molecule has 0 aromatic heterocycles. The molecule has 0 nitrogen and oxygen atoms in total. The lowest BCUT2D eigenvalue weighted by Crippen LogP contribution is -2.21. The first-order valence-electron chi connectivity index (χ1n) is 6.40. The van der Waals surface area contributed by atoms with Crippen molar-refractivity contribution in [2.24, 2.45) is 5.41 Å². The van der Waals surface area contributed by atoms with E-state index >= 15 is 0 Å². The summed E-state index contributed by atoms with van der Waals surface area (Å²) in [4.78, 5) is 0. The Hall–Kier alpha value is -1.04. The molecule has 3 aliphatic carbocycles. The highest BCUT2D eigenvalue weighted by Crippen LogP contribution is 2.46. The van der Waals surface area contributed by atoms with Crippen LogP contribution in [0.2, 0.25) is 0 Å². The predicted octanol–water partition coefficient (Wildman–Crippen LogP) is 4.71. The standard InChI is InChI=1S/C16H20/c1-16(2)9-5-8-14-10-12-6-3-4-7-13(12)11-15(14)16/h3-5,9H,6-8,10-11H2,1-2H3. The molecule has 84 valence electrons. The summed E-state index contributed by atoms with van der Waals surface area (Å²) >= 11 is 0. The summed E-state index contributed by atoms with van der Waals surface area (Å²) in [6, 6.07) is 0. The van der Waals surface area contributed by atoms with Crippen LogP contribution in [0.3, 0.4) is 0 Å². The van der Waals surface area contributed by atoms with Crippen LogP contribution >= 0.6 is 0 Å². The fourth-order valence-electron chi connectivity index (χ4n) is 3.31. The van der Waals surface area contributed by atoms with Gasteiger partial charge >= 0.3 is 0 Å². The maximum absolute atomic E-state index is 2.40. The summed E-state index contributed by atoms with van der Waals surface area (Å²) in [5, 5.41) is 0. The van der Waals surface area contributed by atoms with Gasteiger partial charge in [0, 0.05) is 5.41 Å². The Labute approximate surface area is 98.4 Å². The van der Waals surface area contributed by atoms with Crippen LogP contribution in [0.25, 0.3) is 0 Å². The molecular formula is C16H20. The molecule has 0 aliphatic heterocycles. The molecule has 0 aromatic rings. The minimum atomic E-state index is 0.299. The highest BCUT2D eigenvalue weighted by atomic mass is 14.3. The quantitative estimate of drug-likeness (QED) is 0.510. The van der Waals surface area contributed by atoms with Crippen LogP contribution in [0.1, 0.15) is 46.0 Å². The van der Waals surface area contributed by atoms with E-state index in [2.05, 4.69) is 38.2 Å². The summed E-state index contributed by atoms with van der Waals surface area (Å²) in [6.07, 6.45) is 15.5. The molecule has 16 heavy (non-hydrogen) atoms. The van der Waals surface area contributed by atoms with Gasteiger partial charge in [-0.15, -0.1) is 0 Å². The Morgan fingerprint density at radius 2 is 1.44 bits per heavy atom. The first-order valence-corrected chi connectivity index (χ1v) is 6.40. The fourth-order valence-corrected chi connectivity index (χ4v) is 3.31. The lowest BCUT2D eigenvalue weighted by molar-refractivity contribution is 0.528. The molecule has 0 spiro atoms. The Balaban J connectivity index is 1.93. The molecule has 0 heteroatoms. The average molecular weight is 212 g/mol. The van der Waals surface area contributed by atoms with E-state index in [1.807, 2.05) is 0 Å². The van der Waals surface area contributed by atoms with E-state index < -0.39 is 0 Å². The van der Waals surface area contributed by atoms with Gasteiger partial charge in [0.25, 0.3) is 0 Å². The molecule has 3 aliphatic rings. The van der Waals surface area contributed by atoms with E-state index in [0.717, 1.165) is 0 Å². The third kappa shape index (κ3) is 1.52. The van der Waals surface area contributed by atoms with E-state index in [-0.39, 0.29) is 0 Å². The number of hydrogen-bond acceptors (Lipinski definition) is 0. The molecule has 0 saturated carbocycles.